The van der Waals surface area contributed by atoms with E-state index in [0.717, 1.165) is 26.2 Å². The summed E-state index contributed by atoms with van der Waals surface area (Å²) in [7, 11) is 0. The van der Waals surface area contributed by atoms with Gasteiger partial charge in [-0.2, -0.15) is 0 Å². The Bertz CT molecular complexity index is 414. The van der Waals surface area contributed by atoms with Crippen LogP contribution in [0.1, 0.15) is 25.0 Å². The van der Waals surface area contributed by atoms with E-state index in [1.165, 1.54) is 17.3 Å². The average Bonchev–Trinajstić information content (AvgIpc) is 2.72. The molecule has 0 spiro atoms. The van der Waals surface area contributed by atoms with Crippen molar-refractivity contribution in [3.8, 4) is 0 Å². The number of fused-ring (bicyclic) bond motifs is 1. The number of nitrogens with zero attached hydrogens (tertiary/aromatic N) is 1. The first-order chi connectivity index (χ1) is 8.18. The summed E-state index contributed by atoms with van der Waals surface area (Å²) in [6.45, 7) is 8.75. The van der Waals surface area contributed by atoms with Crippen molar-refractivity contribution in [2.75, 3.05) is 19.6 Å². The van der Waals surface area contributed by atoms with Crippen LogP contribution in [0.2, 0.25) is 0 Å². The molecule has 3 nitrogen and oxygen atoms in total. The summed E-state index contributed by atoms with van der Waals surface area (Å²) in [5, 5.41) is 7.03. The van der Waals surface area contributed by atoms with Gasteiger partial charge in [-0.15, -0.1) is 0 Å². The molecule has 0 bridgehead atoms. The van der Waals surface area contributed by atoms with Gasteiger partial charge < -0.3 is 5.32 Å². The van der Waals surface area contributed by atoms with Gasteiger partial charge in [-0.3, -0.25) is 10.2 Å². The van der Waals surface area contributed by atoms with Crippen molar-refractivity contribution >= 4 is 0 Å². The van der Waals surface area contributed by atoms with E-state index < -0.39 is 0 Å². The summed E-state index contributed by atoms with van der Waals surface area (Å²) in [4.78, 5) is 2.51. The van der Waals surface area contributed by atoms with Crippen molar-refractivity contribution < 1.29 is 0 Å². The molecule has 0 aromatic heterocycles. The zero-order valence-corrected chi connectivity index (χ0v) is 10.6. The Balaban J connectivity index is 1.91. The molecular weight excluding hydrogens is 210 g/mol. The number of nitrogens with one attached hydrogen (secondary N) is 2. The van der Waals surface area contributed by atoms with Crippen molar-refractivity contribution in [2.24, 2.45) is 0 Å². The second kappa shape index (κ2) is 4.09. The van der Waals surface area contributed by atoms with Gasteiger partial charge in [-0.25, -0.2) is 0 Å². The van der Waals surface area contributed by atoms with E-state index in [4.69, 9.17) is 0 Å². The van der Waals surface area contributed by atoms with Crippen molar-refractivity contribution in [3.05, 3.63) is 41.6 Å². The summed E-state index contributed by atoms with van der Waals surface area (Å²) in [6, 6.07) is 8.68. The molecule has 2 aliphatic rings. The molecule has 3 heteroatoms. The van der Waals surface area contributed by atoms with Crippen LogP contribution in [-0.2, 0) is 6.54 Å². The standard InChI is InChI=1S/C14H20N3/c1-14(2)10-15-7-8-17(14)13-12-6-4-3-5-11(12)9-16-13/h3-6,15-16H,7-10H2,1-2H3. The van der Waals surface area contributed by atoms with Crippen molar-refractivity contribution in [1.29, 1.82) is 0 Å². The zero-order valence-electron chi connectivity index (χ0n) is 10.6. The summed E-state index contributed by atoms with van der Waals surface area (Å²) in [5.41, 5.74) is 2.97. The largest absolute Gasteiger partial charge is 0.314 e. The van der Waals surface area contributed by atoms with Crippen molar-refractivity contribution in [1.82, 2.24) is 15.5 Å². The molecule has 0 amide bonds. The van der Waals surface area contributed by atoms with Gasteiger partial charge in [-0.1, -0.05) is 24.3 Å². The number of hydrogen-bond acceptors (Lipinski definition) is 3. The van der Waals surface area contributed by atoms with Gasteiger partial charge in [0.25, 0.3) is 0 Å². The Morgan fingerprint density at radius 2 is 2.06 bits per heavy atom. The maximum absolute atomic E-state index is 3.56. The maximum Gasteiger partial charge on any atom is 0.136 e. The second-order valence-electron chi connectivity index (χ2n) is 5.50. The van der Waals surface area contributed by atoms with Crippen LogP contribution in [0.3, 0.4) is 0 Å². The predicted octanol–water partition coefficient (Wildman–Crippen LogP) is 1.31. The highest BCUT2D eigenvalue weighted by atomic mass is 15.3. The zero-order chi connectivity index (χ0) is 11.9. The lowest BCUT2D eigenvalue weighted by Crippen LogP contribution is -2.60. The fourth-order valence-corrected chi connectivity index (χ4v) is 2.82. The Morgan fingerprint density at radius 1 is 1.24 bits per heavy atom. The highest BCUT2D eigenvalue weighted by Crippen LogP contribution is 2.32. The molecular formula is C14H20N3. The SMILES string of the molecule is CC1(C)CNCCN1[C]1NCc2ccccc21. The molecule has 0 aliphatic carbocycles. The van der Waals surface area contributed by atoms with Crippen LogP contribution in [-0.4, -0.2) is 30.1 Å². The predicted molar refractivity (Wildman–Crippen MR) is 69.3 cm³/mol. The molecule has 3 rings (SSSR count). The molecule has 1 fully saturated rings. The Labute approximate surface area is 103 Å². The van der Waals surface area contributed by atoms with Crippen LogP contribution in [0.5, 0.6) is 0 Å². The monoisotopic (exact) mass is 230 g/mol. The lowest BCUT2D eigenvalue weighted by atomic mass is 9.97. The van der Waals surface area contributed by atoms with Crippen molar-refractivity contribution in [2.45, 2.75) is 25.9 Å². The maximum atomic E-state index is 3.56. The number of piperazine rings is 1. The minimum absolute atomic E-state index is 0.179. The van der Waals surface area contributed by atoms with E-state index in [1.54, 1.807) is 0 Å². The molecule has 1 aromatic carbocycles. The second-order valence-corrected chi connectivity index (χ2v) is 5.50. The van der Waals surface area contributed by atoms with Gasteiger partial charge in [-0.05, 0) is 25.0 Å². The summed E-state index contributed by atoms with van der Waals surface area (Å²) < 4.78 is 0. The quantitative estimate of drug-likeness (QED) is 0.762. The average molecular weight is 230 g/mol. The molecule has 0 unspecified atom stereocenters. The molecule has 91 valence electrons. The molecule has 0 atom stereocenters. The van der Waals surface area contributed by atoms with Crippen molar-refractivity contribution in [3.63, 3.8) is 0 Å². The van der Waals surface area contributed by atoms with E-state index in [-0.39, 0.29) is 5.54 Å². The number of hydrogen-bond donors (Lipinski definition) is 2. The molecule has 1 aromatic rings. The van der Waals surface area contributed by atoms with E-state index in [2.05, 4.69) is 53.6 Å². The van der Waals surface area contributed by atoms with Gasteiger partial charge in [0.15, 0.2) is 0 Å². The van der Waals surface area contributed by atoms with E-state index >= 15 is 0 Å². The fourth-order valence-electron chi connectivity index (χ4n) is 2.82. The molecule has 2 heterocycles. The number of rotatable bonds is 1. The first-order valence-corrected chi connectivity index (χ1v) is 6.36. The van der Waals surface area contributed by atoms with E-state index in [0.29, 0.717) is 0 Å². The third-order valence-electron chi connectivity index (χ3n) is 3.79. The molecule has 2 N–H and O–H groups in total. The van der Waals surface area contributed by atoms with Crippen LogP contribution in [0.25, 0.3) is 0 Å². The number of benzene rings is 1. The molecule has 2 aliphatic heterocycles. The molecule has 17 heavy (non-hydrogen) atoms. The molecule has 0 saturated carbocycles. The Morgan fingerprint density at radius 3 is 2.88 bits per heavy atom. The third kappa shape index (κ3) is 1.88. The van der Waals surface area contributed by atoms with Crippen LogP contribution in [0.15, 0.2) is 24.3 Å². The van der Waals surface area contributed by atoms with Gasteiger partial charge in [0, 0.05) is 31.7 Å². The summed E-state index contributed by atoms with van der Waals surface area (Å²) in [5.74, 6) is 0. The van der Waals surface area contributed by atoms with Gasteiger partial charge in [0.05, 0.1) is 0 Å². The highest BCUT2D eigenvalue weighted by Gasteiger charge is 2.38. The first kappa shape index (κ1) is 11.2. The molecule has 1 saturated heterocycles. The minimum Gasteiger partial charge on any atom is -0.314 e. The topological polar surface area (TPSA) is 27.3 Å². The minimum atomic E-state index is 0.179. The van der Waals surface area contributed by atoms with E-state index in [9.17, 15) is 0 Å². The highest BCUT2D eigenvalue weighted by molar-refractivity contribution is 5.42. The van der Waals surface area contributed by atoms with Crippen LogP contribution in [0, 0.1) is 6.17 Å². The van der Waals surface area contributed by atoms with Gasteiger partial charge >= 0.3 is 0 Å². The van der Waals surface area contributed by atoms with Gasteiger partial charge in [0.1, 0.15) is 6.17 Å². The Hall–Kier alpha value is -0.900. The fraction of sp³-hybridized carbons (Fsp3) is 0.500. The van der Waals surface area contributed by atoms with Crippen LogP contribution < -0.4 is 10.6 Å². The van der Waals surface area contributed by atoms with Gasteiger partial charge in [0.2, 0.25) is 0 Å². The summed E-state index contributed by atoms with van der Waals surface area (Å²) >= 11 is 0. The first-order valence-electron chi connectivity index (χ1n) is 6.36. The lowest BCUT2D eigenvalue weighted by Gasteiger charge is -2.45. The Kier molecular flexibility index (Phi) is 2.69. The summed E-state index contributed by atoms with van der Waals surface area (Å²) in [6.07, 6.45) is 1.31. The smallest absolute Gasteiger partial charge is 0.136 e. The van der Waals surface area contributed by atoms with Crippen LogP contribution >= 0.6 is 0 Å². The van der Waals surface area contributed by atoms with E-state index in [1.807, 2.05) is 0 Å². The third-order valence-corrected chi connectivity index (χ3v) is 3.79. The van der Waals surface area contributed by atoms with Crippen LogP contribution in [0.4, 0.5) is 0 Å². The normalized spacial score (nSPS) is 24.8. The molecule has 1 radical (unpaired) electrons. The lowest BCUT2D eigenvalue weighted by molar-refractivity contribution is 0.0967.